The van der Waals surface area contributed by atoms with Gasteiger partial charge in [0.25, 0.3) is 0 Å². The number of aryl methyl sites for hydroxylation is 1. The molecule has 0 saturated heterocycles. The van der Waals surface area contributed by atoms with E-state index in [1.54, 1.807) is 25.1 Å². The van der Waals surface area contributed by atoms with E-state index in [2.05, 4.69) is 20.9 Å². The summed E-state index contributed by atoms with van der Waals surface area (Å²) in [5.74, 6) is -0.679. The smallest absolute Gasteiger partial charge is 0.306 e. The molecule has 0 fully saturated rings. The first kappa shape index (κ1) is 20.8. The maximum atomic E-state index is 12.5. The number of ketones is 2. The first-order chi connectivity index (χ1) is 13.9. The number of rotatable bonds is 8. The van der Waals surface area contributed by atoms with E-state index in [0.29, 0.717) is 16.9 Å². The van der Waals surface area contributed by atoms with E-state index in [0.717, 1.165) is 21.1 Å². The number of para-hydroxylation sites is 1. The highest BCUT2D eigenvalue weighted by Gasteiger charge is 2.19. The fourth-order valence-corrected chi connectivity index (χ4v) is 3.54. The Bertz CT molecular complexity index is 1090. The van der Waals surface area contributed by atoms with E-state index in [4.69, 9.17) is 9.47 Å². The molecule has 0 atom stereocenters. The van der Waals surface area contributed by atoms with E-state index < -0.39 is 5.97 Å². The van der Waals surface area contributed by atoms with E-state index >= 15 is 0 Å². The highest BCUT2D eigenvalue weighted by molar-refractivity contribution is 9.10. The minimum absolute atomic E-state index is 0.0358. The molecule has 1 heterocycles. The molecular weight excluding hydrogens is 438 g/mol. The Labute approximate surface area is 176 Å². The highest BCUT2D eigenvalue weighted by Crippen LogP contribution is 2.25. The van der Waals surface area contributed by atoms with Gasteiger partial charge in [0.15, 0.2) is 12.4 Å². The summed E-state index contributed by atoms with van der Waals surface area (Å²) in [6.07, 6.45) is -0.152. The lowest BCUT2D eigenvalue weighted by atomic mass is 10.1. The van der Waals surface area contributed by atoms with Gasteiger partial charge >= 0.3 is 5.97 Å². The highest BCUT2D eigenvalue weighted by atomic mass is 79.9. The number of esters is 1. The maximum Gasteiger partial charge on any atom is 0.306 e. The van der Waals surface area contributed by atoms with Crippen molar-refractivity contribution in [3.05, 3.63) is 63.8 Å². The molecule has 0 spiro atoms. The van der Waals surface area contributed by atoms with Crippen molar-refractivity contribution in [2.24, 2.45) is 0 Å². The Morgan fingerprint density at radius 2 is 1.79 bits per heavy atom. The largest absolute Gasteiger partial charge is 0.496 e. The summed E-state index contributed by atoms with van der Waals surface area (Å²) >= 11 is 3.32. The molecule has 0 unspecified atom stereocenters. The van der Waals surface area contributed by atoms with Crippen molar-refractivity contribution in [3.63, 3.8) is 0 Å². The van der Waals surface area contributed by atoms with Crippen LogP contribution in [0.4, 0.5) is 0 Å². The monoisotopic (exact) mass is 457 g/mol. The van der Waals surface area contributed by atoms with Crippen molar-refractivity contribution >= 4 is 44.4 Å². The number of methoxy groups -OCH3 is 1. The van der Waals surface area contributed by atoms with Gasteiger partial charge in [0, 0.05) is 33.1 Å². The van der Waals surface area contributed by atoms with Gasteiger partial charge in [0.2, 0.25) is 5.78 Å². The van der Waals surface area contributed by atoms with Gasteiger partial charge in [-0.05, 0) is 31.2 Å². The Morgan fingerprint density at radius 1 is 1.03 bits per heavy atom. The number of Topliss-reactive ketones (excluding diaryl/α,β-unsaturated/α-hetero) is 2. The molecule has 1 N–H and O–H groups in total. The second kappa shape index (κ2) is 9.05. The summed E-state index contributed by atoms with van der Waals surface area (Å²) in [6.45, 7) is 1.44. The minimum atomic E-state index is -0.599. The van der Waals surface area contributed by atoms with E-state index in [-0.39, 0.29) is 31.0 Å². The van der Waals surface area contributed by atoms with Crippen molar-refractivity contribution in [3.8, 4) is 5.75 Å². The fourth-order valence-electron chi connectivity index (χ4n) is 3.17. The second-order valence-electron chi connectivity index (χ2n) is 6.52. The summed E-state index contributed by atoms with van der Waals surface area (Å²) in [5.41, 5.74) is 2.49. The van der Waals surface area contributed by atoms with Crippen molar-refractivity contribution < 1.29 is 23.9 Å². The molecule has 7 heteroatoms. The first-order valence-corrected chi connectivity index (χ1v) is 9.83. The molecule has 150 valence electrons. The van der Waals surface area contributed by atoms with Crippen LogP contribution in [-0.2, 0) is 9.53 Å². The van der Waals surface area contributed by atoms with Crippen LogP contribution in [0.5, 0.6) is 5.75 Å². The molecule has 3 rings (SSSR count). The Morgan fingerprint density at radius 3 is 2.55 bits per heavy atom. The molecule has 0 aliphatic carbocycles. The third-order valence-corrected chi connectivity index (χ3v) is 5.05. The number of hydrogen-bond donors (Lipinski definition) is 1. The van der Waals surface area contributed by atoms with Crippen LogP contribution in [0.1, 0.15) is 39.3 Å². The van der Waals surface area contributed by atoms with Gasteiger partial charge in [-0.3, -0.25) is 14.4 Å². The SMILES string of the molecule is COc1ccc(Br)cc1C(=O)CCC(=O)OCC(=O)c1c(C)[nH]c2ccccc12. The van der Waals surface area contributed by atoms with Crippen LogP contribution < -0.4 is 4.74 Å². The average molecular weight is 458 g/mol. The molecule has 0 saturated carbocycles. The summed E-state index contributed by atoms with van der Waals surface area (Å²) in [6, 6.07) is 12.5. The average Bonchev–Trinajstić information content (AvgIpc) is 3.05. The van der Waals surface area contributed by atoms with Gasteiger partial charge in [0.1, 0.15) is 5.75 Å². The summed E-state index contributed by atoms with van der Waals surface area (Å²) in [4.78, 5) is 40.2. The van der Waals surface area contributed by atoms with Gasteiger partial charge in [-0.25, -0.2) is 0 Å². The third-order valence-electron chi connectivity index (χ3n) is 4.55. The number of nitrogens with one attached hydrogen (secondary N) is 1. The number of benzene rings is 2. The number of H-pyrrole nitrogens is 1. The molecule has 29 heavy (non-hydrogen) atoms. The molecule has 0 aliphatic heterocycles. The number of aromatic nitrogens is 1. The summed E-state index contributed by atoms with van der Waals surface area (Å²) in [5, 5.41) is 0.794. The molecule has 3 aromatic rings. The van der Waals surface area contributed by atoms with Crippen LogP contribution in [0.2, 0.25) is 0 Å². The number of carbonyl (C=O) groups is 3. The topological polar surface area (TPSA) is 85.5 Å². The molecule has 0 radical (unpaired) electrons. The molecule has 0 amide bonds. The minimum Gasteiger partial charge on any atom is -0.496 e. The standard InChI is InChI=1S/C22H20BrNO5/c1-13-22(15-5-3-4-6-17(15)24-13)19(26)12-29-21(27)10-8-18(25)16-11-14(23)7-9-20(16)28-2/h3-7,9,11,24H,8,10,12H2,1-2H3. The van der Waals surface area contributed by atoms with Crippen LogP contribution in [0, 0.1) is 6.92 Å². The number of hydrogen-bond acceptors (Lipinski definition) is 5. The second-order valence-corrected chi connectivity index (χ2v) is 7.44. The predicted octanol–water partition coefficient (Wildman–Crippen LogP) is 4.64. The lowest BCUT2D eigenvalue weighted by molar-refractivity contribution is -0.142. The van der Waals surface area contributed by atoms with Gasteiger partial charge in [-0.2, -0.15) is 0 Å². The van der Waals surface area contributed by atoms with E-state index in [1.807, 2.05) is 24.3 Å². The Hall–Kier alpha value is -2.93. The third kappa shape index (κ3) is 4.74. The first-order valence-electron chi connectivity index (χ1n) is 9.03. The molecule has 1 aromatic heterocycles. The molecule has 6 nitrogen and oxygen atoms in total. The zero-order valence-electron chi connectivity index (χ0n) is 16.1. The number of ether oxygens (including phenoxy) is 2. The zero-order chi connectivity index (χ0) is 21.0. The van der Waals surface area contributed by atoms with Gasteiger partial charge in [-0.15, -0.1) is 0 Å². The maximum absolute atomic E-state index is 12.5. The molecule has 2 aromatic carbocycles. The van der Waals surface area contributed by atoms with Crippen LogP contribution in [-0.4, -0.2) is 36.2 Å². The number of carbonyl (C=O) groups excluding carboxylic acids is 3. The quantitative estimate of drug-likeness (QED) is 0.393. The van der Waals surface area contributed by atoms with Crippen LogP contribution in [0.3, 0.4) is 0 Å². The number of halogens is 1. The van der Waals surface area contributed by atoms with E-state index in [1.165, 1.54) is 7.11 Å². The van der Waals surface area contributed by atoms with Gasteiger partial charge < -0.3 is 14.5 Å². The van der Waals surface area contributed by atoms with Gasteiger partial charge in [0.05, 0.1) is 19.1 Å². The van der Waals surface area contributed by atoms with Crippen molar-refractivity contribution in [2.45, 2.75) is 19.8 Å². The van der Waals surface area contributed by atoms with E-state index in [9.17, 15) is 14.4 Å². The fraction of sp³-hybridized carbons (Fsp3) is 0.227. The van der Waals surface area contributed by atoms with Crippen LogP contribution in [0.25, 0.3) is 10.9 Å². The zero-order valence-corrected chi connectivity index (χ0v) is 17.7. The molecular formula is C22H20BrNO5. The van der Waals surface area contributed by atoms with Crippen LogP contribution in [0.15, 0.2) is 46.9 Å². The normalized spacial score (nSPS) is 10.7. The van der Waals surface area contributed by atoms with Crippen molar-refractivity contribution in [2.75, 3.05) is 13.7 Å². The molecule has 0 aliphatic rings. The van der Waals surface area contributed by atoms with Crippen molar-refractivity contribution in [1.82, 2.24) is 4.98 Å². The molecule has 0 bridgehead atoms. The lowest BCUT2D eigenvalue weighted by Gasteiger charge is -2.08. The van der Waals surface area contributed by atoms with Crippen LogP contribution >= 0.6 is 15.9 Å². The summed E-state index contributed by atoms with van der Waals surface area (Å²) < 4.78 is 11.0. The summed E-state index contributed by atoms with van der Waals surface area (Å²) in [7, 11) is 1.48. The Kier molecular flexibility index (Phi) is 6.49. The van der Waals surface area contributed by atoms with Gasteiger partial charge in [-0.1, -0.05) is 34.1 Å². The number of aromatic amines is 1. The predicted molar refractivity (Wildman–Crippen MR) is 113 cm³/mol. The number of fused-ring (bicyclic) bond motifs is 1. The lowest BCUT2D eigenvalue weighted by Crippen LogP contribution is -2.15. The Balaban J connectivity index is 1.57. The van der Waals surface area contributed by atoms with Crippen molar-refractivity contribution in [1.29, 1.82) is 0 Å².